The van der Waals surface area contributed by atoms with E-state index in [1.165, 1.54) is 22.5 Å². The maximum Gasteiger partial charge on any atom is 0.251 e. The van der Waals surface area contributed by atoms with Crippen molar-refractivity contribution in [3.63, 3.8) is 0 Å². The van der Waals surface area contributed by atoms with Crippen LogP contribution in [0.3, 0.4) is 0 Å². The van der Waals surface area contributed by atoms with Gasteiger partial charge in [-0.2, -0.15) is 4.31 Å². The largest absolute Gasteiger partial charge is 0.355 e. The fourth-order valence-electron chi connectivity index (χ4n) is 3.40. The van der Waals surface area contributed by atoms with Crippen LogP contribution < -0.4 is 10.6 Å². The molecule has 1 aliphatic rings. The molecule has 2 amide bonds. The SMILES string of the molecule is O=C(NCCCNC(=O)[C@H]1CCCN1S(=O)(=O)c1cc(Cl)ccc1Cl)c1ccccc1. The minimum atomic E-state index is -3.96. The van der Waals surface area contributed by atoms with Gasteiger partial charge in [0.1, 0.15) is 10.9 Å². The van der Waals surface area contributed by atoms with Crippen molar-refractivity contribution in [2.24, 2.45) is 0 Å². The van der Waals surface area contributed by atoms with Crippen molar-refractivity contribution in [2.45, 2.75) is 30.2 Å². The molecule has 10 heteroatoms. The van der Waals surface area contributed by atoms with E-state index < -0.39 is 16.1 Å². The molecule has 1 saturated heterocycles. The molecule has 2 aromatic carbocycles. The van der Waals surface area contributed by atoms with E-state index in [9.17, 15) is 18.0 Å². The summed E-state index contributed by atoms with van der Waals surface area (Å²) in [7, 11) is -3.96. The fourth-order valence-corrected chi connectivity index (χ4v) is 5.80. The highest BCUT2D eigenvalue weighted by molar-refractivity contribution is 7.89. The van der Waals surface area contributed by atoms with Gasteiger partial charge in [-0.05, 0) is 49.6 Å². The van der Waals surface area contributed by atoms with Crippen molar-refractivity contribution in [3.8, 4) is 0 Å². The second kappa shape index (κ2) is 10.5. The Bertz CT molecular complexity index is 1050. The summed E-state index contributed by atoms with van der Waals surface area (Å²) in [5.74, 6) is -0.549. The first kappa shape index (κ1) is 23.5. The van der Waals surface area contributed by atoms with Crippen LogP contribution in [0.5, 0.6) is 0 Å². The number of halogens is 2. The van der Waals surface area contributed by atoms with Crippen LogP contribution in [0.4, 0.5) is 0 Å². The number of nitrogens with zero attached hydrogens (tertiary/aromatic N) is 1. The predicted molar refractivity (Wildman–Crippen MR) is 120 cm³/mol. The summed E-state index contributed by atoms with van der Waals surface area (Å²) in [6.45, 7) is 0.936. The molecule has 1 atom stereocenters. The molecule has 0 saturated carbocycles. The Balaban J connectivity index is 1.53. The smallest absolute Gasteiger partial charge is 0.251 e. The van der Waals surface area contributed by atoms with Crippen molar-refractivity contribution in [1.82, 2.24) is 14.9 Å². The second-order valence-corrected chi connectivity index (χ2v) is 9.82. The minimum Gasteiger partial charge on any atom is -0.355 e. The third-order valence-electron chi connectivity index (χ3n) is 4.96. The molecule has 0 aromatic heterocycles. The maximum atomic E-state index is 13.1. The molecule has 1 heterocycles. The molecule has 2 aromatic rings. The van der Waals surface area contributed by atoms with Gasteiger partial charge in [0.15, 0.2) is 0 Å². The van der Waals surface area contributed by atoms with Gasteiger partial charge in [-0.1, -0.05) is 41.4 Å². The molecule has 31 heavy (non-hydrogen) atoms. The van der Waals surface area contributed by atoms with Gasteiger partial charge in [0, 0.05) is 30.2 Å². The molecule has 0 unspecified atom stereocenters. The van der Waals surface area contributed by atoms with Crippen molar-refractivity contribution >= 4 is 45.0 Å². The van der Waals surface area contributed by atoms with Crippen molar-refractivity contribution < 1.29 is 18.0 Å². The molecule has 0 aliphatic carbocycles. The van der Waals surface area contributed by atoms with Crippen LogP contribution in [0, 0.1) is 0 Å². The summed E-state index contributed by atoms with van der Waals surface area (Å²) in [5, 5.41) is 5.86. The molecule has 7 nitrogen and oxygen atoms in total. The summed E-state index contributed by atoms with van der Waals surface area (Å²) >= 11 is 12.0. The first-order chi connectivity index (χ1) is 14.8. The number of carbonyl (C=O) groups is 2. The second-order valence-electron chi connectivity index (χ2n) is 7.12. The molecular weight excluding hydrogens is 461 g/mol. The standard InChI is InChI=1S/C21H23Cl2N3O4S/c22-16-9-10-17(23)19(14-16)31(29,30)26-13-4-8-18(26)21(28)25-12-5-11-24-20(27)15-6-2-1-3-7-15/h1-3,6-7,9-10,14,18H,4-5,8,11-13H2,(H,24,27)(H,25,28)/t18-/m1/s1. The van der Waals surface area contributed by atoms with Gasteiger partial charge in [-0.3, -0.25) is 9.59 Å². The molecule has 1 aliphatic heterocycles. The number of nitrogens with one attached hydrogen (secondary N) is 2. The summed E-state index contributed by atoms with van der Waals surface area (Å²) < 4.78 is 27.3. The van der Waals surface area contributed by atoms with Gasteiger partial charge < -0.3 is 10.6 Å². The summed E-state index contributed by atoms with van der Waals surface area (Å²) in [6, 6.07) is 12.3. The summed E-state index contributed by atoms with van der Waals surface area (Å²) in [6.07, 6.45) is 1.51. The number of sulfonamides is 1. The number of rotatable bonds is 8. The summed E-state index contributed by atoms with van der Waals surface area (Å²) in [4.78, 5) is 24.5. The third kappa shape index (κ3) is 5.77. The van der Waals surface area contributed by atoms with Crippen LogP contribution in [-0.4, -0.2) is 50.2 Å². The van der Waals surface area contributed by atoms with Crippen molar-refractivity contribution in [1.29, 1.82) is 0 Å². The van der Waals surface area contributed by atoms with E-state index in [2.05, 4.69) is 10.6 Å². The number of carbonyl (C=O) groups excluding carboxylic acids is 2. The Morgan fingerprint density at radius 2 is 1.74 bits per heavy atom. The first-order valence-electron chi connectivity index (χ1n) is 9.88. The van der Waals surface area contributed by atoms with E-state index in [0.29, 0.717) is 37.9 Å². The van der Waals surface area contributed by atoms with Gasteiger partial charge in [-0.25, -0.2) is 8.42 Å². The molecule has 166 valence electrons. The van der Waals surface area contributed by atoms with Crippen LogP contribution in [0.25, 0.3) is 0 Å². The Kier molecular flexibility index (Phi) is 7.94. The zero-order valence-corrected chi connectivity index (χ0v) is 19.0. The Morgan fingerprint density at radius 3 is 2.48 bits per heavy atom. The van der Waals surface area contributed by atoms with Crippen LogP contribution >= 0.6 is 23.2 Å². The van der Waals surface area contributed by atoms with Crippen LogP contribution in [-0.2, 0) is 14.8 Å². The number of hydrogen-bond acceptors (Lipinski definition) is 4. The first-order valence-corrected chi connectivity index (χ1v) is 12.1. The number of amides is 2. The van der Waals surface area contributed by atoms with Crippen LogP contribution in [0.15, 0.2) is 53.4 Å². The predicted octanol–water partition coefficient (Wildman–Crippen LogP) is 3.08. The Hall–Kier alpha value is -2.13. The molecular formula is C21H23Cl2N3O4S. The average molecular weight is 484 g/mol. The molecule has 0 bridgehead atoms. The van der Waals surface area contributed by atoms with E-state index in [0.717, 1.165) is 0 Å². The van der Waals surface area contributed by atoms with E-state index >= 15 is 0 Å². The fraction of sp³-hybridized carbons (Fsp3) is 0.333. The molecule has 0 spiro atoms. The lowest BCUT2D eigenvalue weighted by atomic mass is 10.2. The van der Waals surface area contributed by atoms with Crippen molar-refractivity contribution in [2.75, 3.05) is 19.6 Å². The normalized spacial score (nSPS) is 16.8. The van der Waals surface area contributed by atoms with Gasteiger partial charge in [0.05, 0.1) is 5.02 Å². The summed E-state index contributed by atoms with van der Waals surface area (Å²) in [5.41, 5.74) is 0.568. The maximum absolute atomic E-state index is 13.1. The minimum absolute atomic E-state index is 0.0598. The van der Waals surface area contributed by atoms with Crippen LogP contribution in [0.1, 0.15) is 29.6 Å². The number of benzene rings is 2. The molecule has 1 fully saturated rings. The van der Waals surface area contributed by atoms with E-state index in [1.54, 1.807) is 24.3 Å². The Morgan fingerprint density at radius 1 is 1.03 bits per heavy atom. The lowest BCUT2D eigenvalue weighted by Crippen LogP contribution is -2.46. The molecule has 3 rings (SSSR count). The zero-order chi connectivity index (χ0) is 22.4. The highest BCUT2D eigenvalue weighted by Crippen LogP contribution is 2.32. The van der Waals surface area contributed by atoms with Gasteiger partial charge in [0.25, 0.3) is 5.91 Å². The number of hydrogen-bond donors (Lipinski definition) is 2. The van der Waals surface area contributed by atoms with Gasteiger partial charge in [0.2, 0.25) is 15.9 Å². The van der Waals surface area contributed by atoms with Crippen molar-refractivity contribution in [3.05, 3.63) is 64.1 Å². The van der Waals surface area contributed by atoms with E-state index in [-0.39, 0.29) is 33.3 Å². The lowest BCUT2D eigenvalue weighted by molar-refractivity contribution is -0.124. The zero-order valence-electron chi connectivity index (χ0n) is 16.7. The lowest BCUT2D eigenvalue weighted by Gasteiger charge is -2.24. The highest BCUT2D eigenvalue weighted by Gasteiger charge is 2.40. The third-order valence-corrected chi connectivity index (χ3v) is 7.59. The van der Waals surface area contributed by atoms with Gasteiger partial charge in [-0.15, -0.1) is 0 Å². The van der Waals surface area contributed by atoms with Crippen LogP contribution in [0.2, 0.25) is 10.0 Å². The molecule has 0 radical (unpaired) electrons. The molecule has 2 N–H and O–H groups in total. The van der Waals surface area contributed by atoms with E-state index in [1.807, 2.05) is 6.07 Å². The average Bonchev–Trinajstić information content (AvgIpc) is 3.26. The quantitative estimate of drug-likeness (QED) is 0.563. The highest BCUT2D eigenvalue weighted by atomic mass is 35.5. The van der Waals surface area contributed by atoms with Gasteiger partial charge >= 0.3 is 0 Å². The Labute approximate surface area is 191 Å². The van der Waals surface area contributed by atoms with E-state index in [4.69, 9.17) is 23.2 Å². The topological polar surface area (TPSA) is 95.6 Å². The monoisotopic (exact) mass is 483 g/mol.